The van der Waals surface area contributed by atoms with Gasteiger partial charge in [0, 0.05) is 24.5 Å². The molecule has 0 spiro atoms. The second-order valence-electron chi connectivity index (χ2n) is 8.21. The van der Waals surface area contributed by atoms with Gasteiger partial charge in [-0.25, -0.2) is 23.1 Å². The summed E-state index contributed by atoms with van der Waals surface area (Å²) in [4.78, 5) is 29.6. The molecular weight excluding hydrogens is 505 g/mol. The van der Waals surface area contributed by atoms with E-state index in [1.807, 2.05) is 0 Å². The predicted molar refractivity (Wildman–Crippen MR) is 116 cm³/mol. The van der Waals surface area contributed by atoms with E-state index >= 15 is 0 Å². The van der Waals surface area contributed by atoms with Crippen molar-refractivity contribution in [1.82, 2.24) is 24.7 Å². The van der Waals surface area contributed by atoms with Gasteiger partial charge in [0.2, 0.25) is 0 Å². The van der Waals surface area contributed by atoms with E-state index in [-0.39, 0.29) is 23.1 Å². The predicted octanol–water partition coefficient (Wildman–Crippen LogP) is 3.67. The number of para-hydroxylation sites is 1. The number of piperidine rings is 1. The quantitative estimate of drug-likeness (QED) is 0.299. The molecule has 192 valence electrons. The number of ether oxygens (including phenoxy) is 2. The van der Waals surface area contributed by atoms with Crippen molar-refractivity contribution in [2.45, 2.75) is 24.6 Å². The summed E-state index contributed by atoms with van der Waals surface area (Å²) in [6.07, 6.45) is -6.59. The van der Waals surface area contributed by atoms with Crippen molar-refractivity contribution >= 4 is 28.3 Å². The number of hydrogen-bond donors (Lipinski definition) is 0. The fourth-order valence-electron chi connectivity index (χ4n) is 3.85. The van der Waals surface area contributed by atoms with Crippen molar-refractivity contribution in [3.63, 3.8) is 0 Å². The minimum atomic E-state index is -5.34. The molecule has 1 amide bonds. The number of benzene rings is 1. The number of likely N-dealkylation sites (tertiary alicyclic amines) is 1. The van der Waals surface area contributed by atoms with Gasteiger partial charge in [0.25, 0.3) is 17.7 Å². The first-order valence-corrected chi connectivity index (χ1v) is 10.9. The lowest BCUT2D eigenvalue weighted by molar-refractivity contribution is -0.190. The van der Waals surface area contributed by atoms with Crippen LogP contribution in [0.25, 0.3) is 16.4 Å². The Morgan fingerprint density at radius 2 is 1.84 bits per heavy atom. The van der Waals surface area contributed by atoms with Gasteiger partial charge in [-0.3, -0.25) is 4.79 Å². The highest BCUT2D eigenvalue weighted by atomic mass is 19.4. The molecule has 4 aromatic rings. The molecule has 1 aromatic carbocycles. The van der Waals surface area contributed by atoms with E-state index in [0.717, 1.165) is 11.0 Å². The first-order chi connectivity index (χ1) is 17.5. The zero-order valence-corrected chi connectivity index (χ0v) is 18.7. The van der Waals surface area contributed by atoms with Crippen molar-refractivity contribution in [2.75, 3.05) is 13.1 Å². The van der Waals surface area contributed by atoms with Crippen LogP contribution in [0, 0.1) is 0 Å². The Labute approximate surface area is 204 Å². The van der Waals surface area contributed by atoms with Crippen LogP contribution in [0.5, 0.6) is 11.6 Å². The first-order valence-electron chi connectivity index (χ1n) is 10.9. The van der Waals surface area contributed by atoms with Crippen LogP contribution < -0.4 is 9.47 Å². The molecule has 0 radical (unpaired) electrons. The summed E-state index contributed by atoms with van der Waals surface area (Å²) in [7, 11) is 0. The molecule has 1 unspecified atom stereocenters. The normalized spacial score (nSPS) is 17.6. The van der Waals surface area contributed by atoms with Crippen LogP contribution in [0.3, 0.4) is 0 Å². The first kappa shape index (κ1) is 24.3. The van der Waals surface area contributed by atoms with Crippen LogP contribution in [0.2, 0.25) is 0 Å². The van der Waals surface area contributed by atoms with Crippen LogP contribution in [0.4, 0.5) is 22.0 Å². The molecule has 37 heavy (non-hydrogen) atoms. The molecule has 5 rings (SSSR count). The van der Waals surface area contributed by atoms with E-state index in [1.54, 1.807) is 36.5 Å². The van der Waals surface area contributed by atoms with Gasteiger partial charge in [-0.2, -0.15) is 13.2 Å². The lowest BCUT2D eigenvalue weighted by atomic mass is 10.0. The maximum atomic E-state index is 14.9. The number of amides is 1. The second kappa shape index (κ2) is 8.94. The Balaban J connectivity index is 1.46. The van der Waals surface area contributed by atoms with Crippen molar-refractivity contribution in [1.29, 1.82) is 0 Å². The van der Waals surface area contributed by atoms with Crippen molar-refractivity contribution in [3.8, 4) is 11.6 Å². The Hall–Kier alpha value is -4.36. The summed E-state index contributed by atoms with van der Waals surface area (Å²) in [6, 6.07) is 12.0. The smallest absolute Gasteiger partial charge is 0.463 e. The lowest BCUT2D eigenvalue weighted by Gasteiger charge is -2.37. The number of pyridine rings is 2. The third-order valence-electron chi connectivity index (χ3n) is 5.73. The molecule has 0 saturated carbocycles. The number of aromatic nitrogens is 4. The number of fused-ring (bicyclic) bond motifs is 2. The topological polar surface area (TPSA) is 98.9 Å². The van der Waals surface area contributed by atoms with Crippen molar-refractivity contribution in [3.05, 3.63) is 60.4 Å². The van der Waals surface area contributed by atoms with Crippen LogP contribution in [-0.2, 0) is 4.79 Å². The van der Waals surface area contributed by atoms with Crippen LogP contribution in [-0.4, -0.2) is 67.9 Å². The summed E-state index contributed by atoms with van der Waals surface area (Å²) in [6.45, 7) is -0.975. The third kappa shape index (κ3) is 4.73. The Bertz CT molecular complexity index is 1510. The summed E-state index contributed by atoms with van der Waals surface area (Å²) in [5, 5.41) is 7.95. The average Bonchev–Trinajstić information content (AvgIpc) is 3.28. The van der Waals surface area contributed by atoms with E-state index in [1.165, 1.54) is 16.6 Å². The van der Waals surface area contributed by atoms with Crippen molar-refractivity contribution < 1.29 is 41.0 Å². The van der Waals surface area contributed by atoms with E-state index in [2.05, 4.69) is 20.0 Å². The number of esters is 1. The molecule has 1 fully saturated rings. The molecule has 9 nitrogen and oxygen atoms in total. The van der Waals surface area contributed by atoms with Gasteiger partial charge in [-0.05, 0) is 24.3 Å². The second-order valence-corrected chi connectivity index (χ2v) is 8.21. The highest BCUT2D eigenvalue weighted by Crippen LogP contribution is 2.37. The number of carbonyl (C=O) groups excluding carboxylic acids is 2. The Morgan fingerprint density at radius 3 is 2.62 bits per heavy atom. The van der Waals surface area contributed by atoms with E-state index < -0.39 is 54.7 Å². The van der Waals surface area contributed by atoms with E-state index in [9.17, 15) is 31.5 Å². The maximum Gasteiger partial charge on any atom is 0.491 e. The zero-order chi connectivity index (χ0) is 26.4. The fraction of sp³-hybridized carbons (Fsp3) is 0.261. The number of halogens is 5. The summed E-state index contributed by atoms with van der Waals surface area (Å²) in [5.41, 5.74) is 0.500. The SMILES string of the molecule is O=C(c1nnn2ccccc12)N1CCC(F)(F)C(Oc2nc3ccccc3cc2OC(=O)C(F)(F)F)C1. The van der Waals surface area contributed by atoms with E-state index in [4.69, 9.17) is 4.74 Å². The molecule has 0 aliphatic carbocycles. The molecule has 1 atom stereocenters. The maximum absolute atomic E-state index is 14.9. The summed E-state index contributed by atoms with van der Waals surface area (Å²) >= 11 is 0. The van der Waals surface area contributed by atoms with Gasteiger partial charge in [-0.15, -0.1) is 5.10 Å². The van der Waals surface area contributed by atoms with E-state index in [0.29, 0.717) is 5.52 Å². The molecule has 1 aliphatic heterocycles. The van der Waals surface area contributed by atoms with Gasteiger partial charge in [0.05, 0.1) is 17.6 Å². The molecular formula is C23H16F5N5O4. The number of carbonyl (C=O) groups is 2. The van der Waals surface area contributed by atoms with Crippen LogP contribution in [0.15, 0.2) is 54.7 Å². The van der Waals surface area contributed by atoms with Gasteiger partial charge in [0.1, 0.15) is 0 Å². The largest absolute Gasteiger partial charge is 0.491 e. The molecule has 1 aliphatic rings. The zero-order valence-electron chi connectivity index (χ0n) is 18.7. The Kier molecular flexibility index (Phi) is 5.88. The minimum absolute atomic E-state index is 0.0619. The summed E-state index contributed by atoms with van der Waals surface area (Å²) in [5.74, 6) is -8.26. The molecule has 0 N–H and O–H groups in total. The molecule has 0 bridgehead atoms. The van der Waals surface area contributed by atoms with Crippen molar-refractivity contribution in [2.24, 2.45) is 0 Å². The average molecular weight is 521 g/mol. The lowest BCUT2D eigenvalue weighted by Crippen LogP contribution is -2.55. The number of nitrogens with zero attached hydrogens (tertiary/aromatic N) is 5. The molecule has 1 saturated heterocycles. The third-order valence-corrected chi connectivity index (χ3v) is 5.73. The highest BCUT2D eigenvalue weighted by molar-refractivity contribution is 5.98. The molecule has 4 heterocycles. The summed E-state index contributed by atoms with van der Waals surface area (Å²) < 4.78 is 79.4. The Morgan fingerprint density at radius 1 is 1.08 bits per heavy atom. The van der Waals surface area contributed by atoms with Crippen LogP contribution in [0.1, 0.15) is 16.9 Å². The number of rotatable bonds is 4. The standard InChI is InChI=1S/C23H16F5N5O4/c24-22(25)8-10-32(20(34)18-15-7-3-4-9-33(15)31-30-18)12-17(22)37-19-16(36-21(35)23(26,27)28)11-13-5-1-2-6-14(13)29-19/h1-7,9,11,17H,8,10,12H2. The number of alkyl halides is 5. The fourth-order valence-corrected chi connectivity index (χ4v) is 3.85. The highest BCUT2D eigenvalue weighted by Gasteiger charge is 2.48. The monoisotopic (exact) mass is 521 g/mol. The van der Waals surface area contributed by atoms with Gasteiger partial charge in [0.15, 0.2) is 17.5 Å². The minimum Gasteiger partial charge on any atom is -0.463 e. The molecule has 3 aromatic heterocycles. The van der Waals surface area contributed by atoms with Gasteiger partial charge < -0.3 is 14.4 Å². The van der Waals surface area contributed by atoms with Gasteiger partial charge >= 0.3 is 12.1 Å². The number of hydrogen-bond acceptors (Lipinski definition) is 7. The molecule has 14 heteroatoms. The van der Waals surface area contributed by atoms with Gasteiger partial charge in [-0.1, -0.05) is 29.5 Å². The van der Waals surface area contributed by atoms with Crippen LogP contribution >= 0.6 is 0 Å².